The highest BCUT2D eigenvalue weighted by molar-refractivity contribution is 5.79. The van der Waals surface area contributed by atoms with Crippen molar-refractivity contribution < 1.29 is 28.9 Å². The Morgan fingerprint density at radius 3 is 2.46 bits per heavy atom. The van der Waals surface area contributed by atoms with Crippen LogP contribution >= 0.6 is 0 Å². The van der Waals surface area contributed by atoms with E-state index in [1.807, 2.05) is 0 Å². The molecule has 1 aromatic rings. The molecule has 24 heavy (non-hydrogen) atoms. The Morgan fingerprint density at radius 2 is 1.88 bits per heavy atom. The molecule has 1 N–H and O–H groups in total. The van der Waals surface area contributed by atoms with Crippen LogP contribution in [0, 0.1) is 0 Å². The summed E-state index contributed by atoms with van der Waals surface area (Å²) in [4.78, 5) is 25.2. The van der Waals surface area contributed by atoms with Crippen LogP contribution in [-0.4, -0.2) is 61.4 Å². The third kappa shape index (κ3) is 5.73. The summed E-state index contributed by atoms with van der Waals surface area (Å²) in [5.41, 5.74) is -0.817. The molecule has 0 aromatic heterocycles. The van der Waals surface area contributed by atoms with Crippen LogP contribution < -0.4 is 9.47 Å². The lowest BCUT2D eigenvalue weighted by Gasteiger charge is -2.37. The van der Waals surface area contributed by atoms with Gasteiger partial charge in [-0.05, 0) is 26.0 Å². The molecular weight excluding hydrogens is 314 g/mol. The third-order valence-electron chi connectivity index (χ3n) is 3.59. The number of carbonyl (C=O) groups is 2. The number of nitrogens with zero attached hydrogens (tertiary/aromatic N) is 1. The van der Waals surface area contributed by atoms with Gasteiger partial charge in [0.25, 0.3) is 5.91 Å². The molecule has 0 atom stereocenters. The smallest absolute Gasteiger partial charge is 0.307 e. The molecule has 134 valence electrons. The maximum absolute atomic E-state index is 12.5. The van der Waals surface area contributed by atoms with Crippen molar-refractivity contribution in [2.75, 3.05) is 34.0 Å². The van der Waals surface area contributed by atoms with Gasteiger partial charge < -0.3 is 24.2 Å². The molecule has 0 saturated heterocycles. The number of rotatable bonds is 9. The Balaban J connectivity index is 2.74. The van der Waals surface area contributed by atoms with Crippen LogP contribution in [0.1, 0.15) is 20.3 Å². The summed E-state index contributed by atoms with van der Waals surface area (Å²) in [6.07, 6.45) is 0.0465. The summed E-state index contributed by atoms with van der Waals surface area (Å²) in [7, 11) is 2.83. The summed E-state index contributed by atoms with van der Waals surface area (Å²) in [6.45, 7) is 3.12. The van der Waals surface area contributed by atoms with Crippen molar-refractivity contribution in [1.82, 2.24) is 4.90 Å². The first-order valence-corrected chi connectivity index (χ1v) is 7.59. The van der Waals surface area contributed by atoms with Gasteiger partial charge in [0.15, 0.2) is 6.61 Å². The van der Waals surface area contributed by atoms with E-state index < -0.39 is 11.5 Å². The topological polar surface area (TPSA) is 85.3 Å². The molecule has 0 radical (unpaired) electrons. The van der Waals surface area contributed by atoms with Gasteiger partial charge in [-0.2, -0.15) is 0 Å². The fourth-order valence-corrected chi connectivity index (χ4v) is 2.07. The van der Waals surface area contributed by atoms with E-state index >= 15 is 0 Å². The molecule has 1 rings (SSSR count). The zero-order chi connectivity index (χ0) is 18.2. The second kappa shape index (κ2) is 9.12. The molecule has 0 aliphatic carbocycles. The number of aliphatic hydroxyl groups excluding tert-OH is 1. The van der Waals surface area contributed by atoms with Gasteiger partial charge in [-0.25, -0.2) is 0 Å². The lowest BCUT2D eigenvalue weighted by atomic mass is 10.0. The highest BCUT2D eigenvalue weighted by Crippen LogP contribution is 2.20. The highest BCUT2D eigenvalue weighted by Gasteiger charge is 2.30. The molecule has 1 aromatic carbocycles. The van der Waals surface area contributed by atoms with Crippen LogP contribution in [0.3, 0.4) is 0 Å². The molecule has 0 heterocycles. The maximum atomic E-state index is 12.5. The van der Waals surface area contributed by atoms with E-state index in [0.29, 0.717) is 11.5 Å². The second-order valence-corrected chi connectivity index (χ2v) is 5.81. The monoisotopic (exact) mass is 339 g/mol. The van der Waals surface area contributed by atoms with Crippen molar-refractivity contribution in [2.45, 2.75) is 25.8 Å². The van der Waals surface area contributed by atoms with Crippen molar-refractivity contribution in [3.8, 4) is 11.5 Å². The first-order chi connectivity index (χ1) is 11.3. The van der Waals surface area contributed by atoms with Crippen LogP contribution in [0.4, 0.5) is 0 Å². The minimum absolute atomic E-state index is 0.0465. The number of ether oxygens (including phenoxy) is 3. The zero-order valence-electron chi connectivity index (χ0n) is 14.6. The molecule has 7 heteroatoms. The van der Waals surface area contributed by atoms with Crippen molar-refractivity contribution in [1.29, 1.82) is 0 Å². The number of benzene rings is 1. The predicted octanol–water partition coefficient (Wildman–Crippen LogP) is 1.24. The van der Waals surface area contributed by atoms with E-state index in [1.54, 1.807) is 45.2 Å². The van der Waals surface area contributed by atoms with Crippen molar-refractivity contribution in [2.24, 2.45) is 0 Å². The van der Waals surface area contributed by atoms with Gasteiger partial charge in [0.05, 0.1) is 32.8 Å². The fraction of sp³-hybridized carbons (Fsp3) is 0.529. The van der Waals surface area contributed by atoms with Crippen LogP contribution in [-0.2, 0) is 14.3 Å². The summed E-state index contributed by atoms with van der Waals surface area (Å²) in [5, 5.41) is 9.52. The van der Waals surface area contributed by atoms with Gasteiger partial charge in [-0.3, -0.25) is 9.59 Å². The quantitative estimate of drug-likeness (QED) is 0.681. The maximum Gasteiger partial charge on any atom is 0.307 e. The molecular formula is C17H25NO6. The number of aliphatic hydroxyl groups is 1. The second-order valence-electron chi connectivity index (χ2n) is 5.81. The summed E-state index contributed by atoms with van der Waals surface area (Å²) in [5.74, 6) is 0.367. The van der Waals surface area contributed by atoms with E-state index in [9.17, 15) is 14.7 Å². The number of hydrogen-bond acceptors (Lipinski definition) is 6. The van der Waals surface area contributed by atoms with Gasteiger partial charge in [0.1, 0.15) is 11.5 Å². The minimum atomic E-state index is -0.817. The summed E-state index contributed by atoms with van der Waals surface area (Å²) < 4.78 is 15.2. The lowest BCUT2D eigenvalue weighted by Crippen LogP contribution is -2.52. The fourth-order valence-electron chi connectivity index (χ4n) is 2.07. The predicted molar refractivity (Wildman–Crippen MR) is 88.0 cm³/mol. The van der Waals surface area contributed by atoms with Crippen molar-refractivity contribution in [3.63, 3.8) is 0 Å². The van der Waals surface area contributed by atoms with Crippen LogP contribution in [0.2, 0.25) is 0 Å². The number of amides is 1. The van der Waals surface area contributed by atoms with E-state index in [2.05, 4.69) is 4.74 Å². The standard InChI is InChI=1S/C17H25NO6/c1-17(2,12-19)18(9-8-16(21)23-4)15(20)11-24-14-7-5-6-13(10-14)22-3/h5-7,10,19H,8-9,11-12H2,1-4H3. The SMILES string of the molecule is COC(=O)CCN(C(=O)COc1cccc(OC)c1)C(C)(C)CO. The number of hydrogen-bond donors (Lipinski definition) is 1. The van der Waals surface area contributed by atoms with Crippen LogP contribution in [0.5, 0.6) is 11.5 Å². The van der Waals surface area contributed by atoms with Crippen LogP contribution in [0.15, 0.2) is 24.3 Å². The Labute approximate surface area is 142 Å². The van der Waals surface area contributed by atoms with Crippen LogP contribution in [0.25, 0.3) is 0 Å². The van der Waals surface area contributed by atoms with E-state index in [4.69, 9.17) is 9.47 Å². The number of carbonyl (C=O) groups excluding carboxylic acids is 2. The Hall–Kier alpha value is -2.28. The van der Waals surface area contributed by atoms with E-state index in [0.717, 1.165) is 0 Å². The molecule has 0 spiro atoms. The Morgan fingerprint density at radius 1 is 1.21 bits per heavy atom. The molecule has 0 unspecified atom stereocenters. The van der Waals surface area contributed by atoms with Crippen molar-refractivity contribution >= 4 is 11.9 Å². The Kier molecular flexibility index (Phi) is 7.51. The summed E-state index contributed by atoms with van der Waals surface area (Å²) in [6, 6.07) is 6.91. The molecule has 0 fully saturated rings. The highest BCUT2D eigenvalue weighted by atomic mass is 16.5. The summed E-state index contributed by atoms with van der Waals surface area (Å²) >= 11 is 0. The lowest BCUT2D eigenvalue weighted by molar-refractivity contribution is -0.145. The molecule has 7 nitrogen and oxygen atoms in total. The average molecular weight is 339 g/mol. The van der Waals surface area contributed by atoms with E-state index in [-0.39, 0.29) is 32.1 Å². The average Bonchev–Trinajstić information content (AvgIpc) is 2.59. The first-order valence-electron chi connectivity index (χ1n) is 7.59. The third-order valence-corrected chi connectivity index (χ3v) is 3.59. The van der Waals surface area contributed by atoms with Gasteiger partial charge in [0.2, 0.25) is 0 Å². The first kappa shape index (κ1) is 19.8. The molecule has 0 aliphatic rings. The van der Waals surface area contributed by atoms with E-state index in [1.165, 1.54) is 12.0 Å². The number of esters is 1. The van der Waals surface area contributed by atoms with Gasteiger partial charge in [-0.1, -0.05) is 6.07 Å². The largest absolute Gasteiger partial charge is 0.497 e. The minimum Gasteiger partial charge on any atom is -0.497 e. The van der Waals surface area contributed by atoms with Gasteiger partial charge >= 0.3 is 5.97 Å². The number of methoxy groups -OCH3 is 2. The zero-order valence-corrected chi connectivity index (χ0v) is 14.6. The molecule has 0 saturated carbocycles. The molecule has 0 bridgehead atoms. The normalized spacial score (nSPS) is 10.9. The van der Waals surface area contributed by atoms with Gasteiger partial charge in [0, 0.05) is 12.6 Å². The molecule has 0 aliphatic heterocycles. The van der Waals surface area contributed by atoms with Gasteiger partial charge in [-0.15, -0.1) is 0 Å². The molecule has 1 amide bonds. The Bertz CT molecular complexity index is 558. The van der Waals surface area contributed by atoms with Crippen molar-refractivity contribution in [3.05, 3.63) is 24.3 Å².